The lowest BCUT2D eigenvalue weighted by Crippen LogP contribution is -2.29. The van der Waals surface area contributed by atoms with Crippen LogP contribution in [-0.4, -0.2) is 33.4 Å². The lowest BCUT2D eigenvalue weighted by atomic mass is 10.1. The highest BCUT2D eigenvalue weighted by atomic mass is 19.1. The van der Waals surface area contributed by atoms with Crippen LogP contribution in [-0.2, 0) is 11.4 Å². The van der Waals surface area contributed by atoms with Gasteiger partial charge in [-0.15, -0.1) is 0 Å². The predicted molar refractivity (Wildman–Crippen MR) is 127 cm³/mol. The molecular weight excluding hydrogens is 457 g/mol. The van der Waals surface area contributed by atoms with Crippen molar-refractivity contribution in [1.82, 2.24) is 15.2 Å². The molecule has 1 aromatic heterocycles. The number of methoxy groups -OCH3 is 1. The monoisotopic (exact) mass is 483 g/mol. The summed E-state index contributed by atoms with van der Waals surface area (Å²) in [6.07, 6.45) is 0. The van der Waals surface area contributed by atoms with Gasteiger partial charge in [0, 0.05) is 11.1 Å². The third kappa shape index (κ3) is 5.62. The Bertz CT molecular complexity index is 1290. The number of benzene rings is 2. The van der Waals surface area contributed by atoms with E-state index in [4.69, 9.17) is 9.47 Å². The summed E-state index contributed by atoms with van der Waals surface area (Å²) in [5.74, 6) is 0.00637. The number of carbonyl (C=O) groups is 1. The zero-order valence-electron chi connectivity index (χ0n) is 20.0. The molecule has 1 heterocycles. The Hall–Kier alpha value is -4.28. The third-order valence-corrected chi connectivity index (χ3v) is 5.47. The zero-order chi connectivity index (χ0) is 25.7. The number of halogens is 1. The first-order valence-electron chi connectivity index (χ1n) is 10.7. The van der Waals surface area contributed by atoms with Crippen LogP contribution in [0.1, 0.15) is 42.4 Å². The van der Waals surface area contributed by atoms with Crippen LogP contribution < -0.4 is 14.9 Å². The van der Waals surface area contributed by atoms with Crippen molar-refractivity contribution in [2.75, 3.05) is 7.11 Å². The molecule has 0 aliphatic heterocycles. The number of nitro groups is 1. The smallest absolute Gasteiger partial charge is 0.312 e. The number of rotatable bonds is 9. The Labute approximate surface area is 201 Å². The second-order valence-electron chi connectivity index (χ2n) is 7.82. The summed E-state index contributed by atoms with van der Waals surface area (Å²) in [6.45, 7) is 6.37. The number of aryl methyl sites for hydroxylation is 1. The maximum Gasteiger partial charge on any atom is 0.312 e. The van der Waals surface area contributed by atoms with Gasteiger partial charge in [0.2, 0.25) is 0 Å². The van der Waals surface area contributed by atoms with E-state index in [2.05, 4.69) is 15.6 Å². The van der Waals surface area contributed by atoms with Gasteiger partial charge in [-0.05, 0) is 52.0 Å². The number of carbonyl (C=O) groups excluding carboxylic acids is 1. The predicted octanol–water partition coefficient (Wildman–Crippen LogP) is 4.24. The number of hydrazone groups is 1. The van der Waals surface area contributed by atoms with Gasteiger partial charge in [-0.2, -0.15) is 10.2 Å². The molecule has 0 radical (unpaired) electrons. The van der Waals surface area contributed by atoms with Gasteiger partial charge in [0.15, 0.2) is 11.5 Å². The fourth-order valence-electron chi connectivity index (χ4n) is 3.49. The fourth-order valence-corrected chi connectivity index (χ4v) is 3.49. The molecule has 0 bridgehead atoms. The Kier molecular flexibility index (Phi) is 7.80. The van der Waals surface area contributed by atoms with Gasteiger partial charge >= 0.3 is 5.69 Å². The van der Waals surface area contributed by atoms with Crippen molar-refractivity contribution in [2.45, 2.75) is 40.3 Å². The highest BCUT2D eigenvalue weighted by molar-refractivity contribution is 5.99. The molecule has 0 saturated heterocycles. The van der Waals surface area contributed by atoms with Crippen molar-refractivity contribution in [1.29, 1.82) is 0 Å². The first-order valence-corrected chi connectivity index (χ1v) is 10.7. The zero-order valence-corrected chi connectivity index (χ0v) is 20.0. The molecular formula is C24H26FN5O5. The SMILES string of the molecule is COc1cc(C(C)=NNC(=O)C(C)n2nc(C)c([N+](=O)[O-])c2C)ccc1OCc1ccccc1F. The van der Waals surface area contributed by atoms with E-state index in [1.807, 2.05) is 0 Å². The number of hydrogen-bond donors (Lipinski definition) is 1. The summed E-state index contributed by atoms with van der Waals surface area (Å²) in [5, 5.41) is 19.5. The van der Waals surface area contributed by atoms with Crippen molar-refractivity contribution in [3.05, 3.63) is 80.9 Å². The Morgan fingerprint density at radius 1 is 1.26 bits per heavy atom. The average molecular weight is 484 g/mol. The van der Waals surface area contributed by atoms with Crippen LogP contribution in [0.15, 0.2) is 47.6 Å². The lowest BCUT2D eigenvalue weighted by molar-refractivity contribution is -0.386. The number of aromatic nitrogens is 2. The molecule has 3 aromatic rings. The van der Waals surface area contributed by atoms with E-state index >= 15 is 0 Å². The second-order valence-corrected chi connectivity index (χ2v) is 7.82. The van der Waals surface area contributed by atoms with Gasteiger partial charge in [-0.3, -0.25) is 19.6 Å². The molecule has 1 amide bonds. The third-order valence-electron chi connectivity index (χ3n) is 5.47. The van der Waals surface area contributed by atoms with Crippen LogP contribution in [0.2, 0.25) is 0 Å². The minimum Gasteiger partial charge on any atom is -0.493 e. The number of nitrogens with zero attached hydrogens (tertiary/aromatic N) is 4. The first kappa shape index (κ1) is 25.3. The molecule has 2 aromatic carbocycles. The number of nitrogens with one attached hydrogen (secondary N) is 1. The molecule has 35 heavy (non-hydrogen) atoms. The molecule has 1 unspecified atom stereocenters. The summed E-state index contributed by atoms with van der Waals surface area (Å²) in [7, 11) is 1.48. The lowest BCUT2D eigenvalue weighted by Gasteiger charge is -2.14. The maximum atomic E-state index is 13.8. The molecule has 1 atom stereocenters. The van der Waals surface area contributed by atoms with Crippen LogP contribution >= 0.6 is 0 Å². The summed E-state index contributed by atoms with van der Waals surface area (Å²) in [4.78, 5) is 23.3. The second kappa shape index (κ2) is 10.8. The van der Waals surface area contributed by atoms with Crippen molar-refractivity contribution in [2.24, 2.45) is 5.10 Å². The van der Waals surface area contributed by atoms with Crippen molar-refractivity contribution < 1.29 is 23.6 Å². The molecule has 11 heteroatoms. The van der Waals surface area contributed by atoms with Gasteiger partial charge in [0.05, 0.1) is 17.7 Å². The quantitative estimate of drug-likeness (QED) is 0.276. The van der Waals surface area contributed by atoms with Gasteiger partial charge in [-0.1, -0.05) is 18.2 Å². The van der Waals surface area contributed by atoms with Crippen molar-refractivity contribution in [3.63, 3.8) is 0 Å². The topological polar surface area (TPSA) is 121 Å². The Morgan fingerprint density at radius 2 is 1.97 bits per heavy atom. The van der Waals surface area contributed by atoms with E-state index in [9.17, 15) is 19.3 Å². The Balaban J connectivity index is 1.71. The molecule has 0 fully saturated rings. The van der Waals surface area contributed by atoms with Crippen LogP contribution in [0, 0.1) is 29.8 Å². The van der Waals surface area contributed by atoms with Crippen LogP contribution in [0.3, 0.4) is 0 Å². The normalized spacial score (nSPS) is 12.2. The molecule has 184 valence electrons. The largest absolute Gasteiger partial charge is 0.493 e. The first-order chi connectivity index (χ1) is 16.6. The average Bonchev–Trinajstić information content (AvgIpc) is 3.14. The molecule has 0 saturated carbocycles. The molecule has 0 spiro atoms. The maximum absolute atomic E-state index is 13.8. The van der Waals surface area contributed by atoms with Gasteiger partial charge in [0.25, 0.3) is 5.91 Å². The van der Waals surface area contributed by atoms with Crippen LogP contribution in [0.5, 0.6) is 11.5 Å². The number of ether oxygens (including phenoxy) is 2. The van der Waals surface area contributed by atoms with E-state index in [1.54, 1.807) is 57.2 Å². The standard InChI is InChI=1S/C24H26FN5O5/c1-14(26-27-24(31)17(4)29-16(3)23(30(32)33)15(2)28-29)18-10-11-21(22(12-18)34-5)35-13-19-8-6-7-9-20(19)25/h6-12,17H,13H2,1-5H3,(H,27,31). The number of hydrogen-bond acceptors (Lipinski definition) is 7. The highest BCUT2D eigenvalue weighted by Crippen LogP contribution is 2.29. The van der Waals surface area contributed by atoms with E-state index in [-0.39, 0.29) is 29.5 Å². The Morgan fingerprint density at radius 3 is 2.60 bits per heavy atom. The summed E-state index contributed by atoms with van der Waals surface area (Å²) in [6, 6.07) is 10.6. The fraction of sp³-hybridized carbons (Fsp3) is 0.292. The van der Waals surface area contributed by atoms with Crippen LogP contribution in [0.25, 0.3) is 0 Å². The van der Waals surface area contributed by atoms with E-state index in [1.165, 1.54) is 24.8 Å². The van der Waals surface area contributed by atoms with E-state index in [0.717, 1.165) is 0 Å². The molecule has 0 aliphatic rings. The summed E-state index contributed by atoms with van der Waals surface area (Å²) >= 11 is 0. The van der Waals surface area contributed by atoms with Gasteiger partial charge in [0.1, 0.15) is 29.9 Å². The van der Waals surface area contributed by atoms with E-state index in [0.29, 0.717) is 28.3 Å². The van der Waals surface area contributed by atoms with Crippen molar-refractivity contribution >= 4 is 17.3 Å². The summed E-state index contributed by atoms with van der Waals surface area (Å²) in [5.41, 5.74) is 4.44. The number of amides is 1. The highest BCUT2D eigenvalue weighted by Gasteiger charge is 2.27. The van der Waals surface area contributed by atoms with Gasteiger partial charge < -0.3 is 9.47 Å². The van der Waals surface area contributed by atoms with Gasteiger partial charge in [-0.25, -0.2) is 9.82 Å². The van der Waals surface area contributed by atoms with Crippen LogP contribution in [0.4, 0.5) is 10.1 Å². The molecule has 10 nitrogen and oxygen atoms in total. The minimum atomic E-state index is -0.817. The molecule has 1 N–H and O–H groups in total. The minimum absolute atomic E-state index is 0.0356. The molecule has 3 rings (SSSR count). The molecule has 0 aliphatic carbocycles. The summed E-state index contributed by atoms with van der Waals surface area (Å²) < 4.78 is 26.3. The van der Waals surface area contributed by atoms with Crippen molar-refractivity contribution in [3.8, 4) is 11.5 Å². The van der Waals surface area contributed by atoms with E-state index < -0.39 is 16.9 Å².